The molecule has 0 bridgehead atoms. The van der Waals surface area contributed by atoms with E-state index in [1.807, 2.05) is 6.08 Å². The molecule has 0 aromatic rings. The Morgan fingerprint density at radius 1 is 1.20 bits per heavy atom. The highest BCUT2D eigenvalue weighted by molar-refractivity contribution is 5.91. The van der Waals surface area contributed by atoms with Crippen LogP contribution in [0.25, 0.3) is 0 Å². The average Bonchev–Trinajstić information content (AvgIpc) is 2.95. The monoisotopic (exact) mass is 339 g/mol. The minimum atomic E-state index is -0.0657. The number of allylic oxidation sites excluding steroid dienone is 1. The van der Waals surface area contributed by atoms with E-state index < -0.39 is 0 Å². The smallest absolute Gasteiger partial charge is 0.155 e. The van der Waals surface area contributed by atoms with Gasteiger partial charge in [-0.25, -0.2) is 0 Å². The van der Waals surface area contributed by atoms with E-state index in [1.165, 1.54) is 5.57 Å². The van der Waals surface area contributed by atoms with Gasteiger partial charge in [-0.1, -0.05) is 12.5 Å². The van der Waals surface area contributed by atoms with Crippen molar-refractivity contribution in [2.45, 2.75) is 71.6 Å². The first kappa shape index (κ1) is 17.0. The number of nitriles is 1. The molecule has 0 amide bonds. The molecule has 4 aliphatic rings. The number of hydrogen-bond acceptors (Lipinski definition) is 3. The quantitative estimate of drug-likeness (QED) is 0.737. The van der Waals surface area contributed by atoms with Crippen molar-refractivity contribution in [1.29, 1.82) is 5.26 Å². The first-order chi connectivity index (χ1) is 11.9. The van der Waals surface area contributed by atoms with E-state index in [1.54, 1.807) is 6.92 Å². The average molecular weight is 339 g/mol. The van der Waals surface area contributed by atoms with E-state index in [9.17, 15) is 14.9 Å². The molecule has 0 radical (unpaired) electrons. The highest BCUT2D eigenvalue weighted by Crippen LogP contribution is 2.67. The third kappa shape index (κ3) is 2.29. The van der Waals surface area contributed by atoms with Gasteiger partial charge in [-0.15, -0.1) is 0 Å². The summed E-state index contributed by atoms with van der Waals surface area (Å²) in [7, 11) is 0. The summed E-state index contributed by atoms with van der Waals surface area (Å²) in [5.74, 6) is 2.47. The highest BCUT2D eigenvalue weighted by atomic mass is 16.1. The minimum Gasteiger partial charge on any atom is -0.300 e. The molecule has 0 aromatic heterocycles. The van der Waals surface area contributed by atoms with Crippen molar-refractivity contribution < 1.29 is 9.59 Å². The molecule has 25 heavy (non-hydrogen) atoms. The number of carbonyl (C=O) groups is 2. The Balaban J connectivity index is 1.70. The molecule has 6 atom stereocenters. The molecule has 0 aliphatic heterocycles. The Labute approximate surface area is 150 Å². The predicted octanol–water partition coefficient (Wildman–Crippen LogP) is 4.62. The van der Waals surface area contributed by atoms with Gasteiger partial charge in [0.2, 0.25) is 0 Å². The predicted molar refractivity (Wildman–Crippen MR) is 95.4 cm³/mol. The van der Waals surface area contributed by atoms with Crippen LogP contribution >= 0.6 is 0 Å². The molecular weight excluding hydrogens is 310 g/mol. The number of Topliss-reactive ketones (excluding diaryl/α,β-unsaturated/α-hetero) is 1. The maximum atomic E-state index is 12.3. The molecule has 3 saturated carbocycles. The first-order valence-electron chi connectivity index (χ1n) is 10.0. The van der Waals surface area contributed by atoms with E-state index >= 15 is 0 Å². The van der Waals surface area contributed by atoms with Gasteiger partial charge in [-0.05, 0) is 86.5 Å². The van der Waals surface area contributed by atoms with Crippen LogP contribution in [-0.4, -0.2) is 11.6 Å². The number of fused-ring (bicyclic) bond motifs is 5. The molecule has 0 saturated heterocycles. The summed E-state index contributed by atoms with van der Waals surface area (Å²) in [6.45, 7) is 4.12. The van der Waals surface area contributed by atoms with Crippen LogP contribution in [0, 0.1) is 45.8 Å². The molecule has 0 N–H and O–H groups in total. The van der Waals surface area contributed by atoms with Gasteiger partial charge < -0.3 is 0 Å². The van der Waals surface area contributed by atoms with Crippen molar-refractivity contribution in [3.8, 4) is 6.07 Å². The Bertz CT molecular complexity index is 687. The van der Waals surface area contributed by atoms with Gasteiger partial charge in [0.25, 0.3) is 0 Å². The summed E-state index contributed by atoms with van der Waals surface area (Å²) < 4.78 is 0. The van der Waals surface area contributed by atoms with Gasteiger partial charge >= 0.3 is 0 Å². The summed E-state index contributed by atoms with van der Waals surface area (Å²) in [5.41, 5.74) is 1.49. The summed E-state index contributed by atoms with van der Waals surface area (Å²) in [6.07, 6.45) is 10.6. The summed E-state index contributed by atoms with van der Waals surface area (Å²) in [6, 6.07) is 2.44. The van der Waals surface area contributed by atoms with Crippen molar-refractivity contribution in [3.05, 3.63) is 11.6 Å². The van der Waals surface area contributed by atoms with E-state index in [-0.39, 0.29) is 16.7 Å². The highest BCUT2D eigenvalue weighted by Gasteiger charge is 2.61. The Morgan fingerprint density at radius 2 is 2.00 bits per heavy atom. The van der Waals surface area contributed by atoms with Crippen molar-refractivity contribution in [2.75, 3.05) is 0 Å². The lowest BCUT2D eigenvalue weighted by Gasteiger charge is -2.58. The lowest BCUT2D eigenvalue weighted by atomic mass is 9.46. The molecule has 0 spiro atoms. The third-order valence-corrected chi connectivity index (χ3v) is 8.58. The van der Waals surface area contributed by atoms with Crippen molar-refractivity contribution in [3.63, 3.8) is 0 Å². The topological polar surface area (TPSA) is 57.9 Å². The molecule has 134 valence electrons. The van der Waals surface area contributed by atoms with E-state index in [0.717, 1.165) is 44.9 Å². The van der Waals surface area contributed by atoms with Gasteiger partial charge in [0.05, 0.1) is 6.07 Å². The zero-order valence-corrected chi connectivity index (χ0v) is 15.5. The van der Waals surface area contributed by atoms with Crippen LogP contribution in [0.15, 0.2) is 11.6 Å². The molecular formula is C22H29NO2. The summed E-state index contributed by atoms with van der Waals surface area (Å²) in [5, 5.41) is 9.52. The maximum Gasteiger partial charge on any atom is 0.155 e. The fourth-order valence-corrected chi connectivity index (χ4v) is 7.47. The maximum absolute atomic E-state index is 12.3. The number of ketones is 2. The standard InChI is InChI=1S/C22H29NO2/c1-14(24)18-5-6-20-17-4-3-15-13-16(25)7-9-21(15,2)19(17)8-10-22(18,20)11-12-23/h13,17-20H,3-11H2,1-2H3/t17-,18-,19+,20+,21+,22+/m1/s1. The number of rotatable bonds is 2. The van der Waals surface area contributed by atoms with Gasteiger partial charge in [0, 0.05) is 18.8 Å². The molecule has 4 aliphatic carbocycles. The second kappa shape index (κ2) is 5.79. The number of carbonyl (C=O) groups excluding carboxylic acids is 2. The van der Waals surface area contributed by atoms with Crippen LogP contribution < -0.4 is 0 Å². The lowest BCUT2D eigenvalue weighted by Crippen LogP contribution is -2.51. The largest absolute Gasteiger partial charge is 0.300 e. The summed E-state index contributed by atoms with van der Waals surface area (Å²) >= 11 is 0. The van der Waals surface area contributed by atoms with Crippen molar-refractivity contribution in [2.24, 2.45) is 34.5 Å². The van der Waals surface area contributed by atoms with E-state index in [2.05, 4.69) is 13.0 Å². The van der Waals surface area contributed by atoms with Gasteiger partial charge in [-0.3, -0.25) is 9.59 Å². The minimum absolute atomic E-state index is 0.0657. The Kier molecular flexibility index (Phi) is 3.94. The molecule has 3 heteroatoms. The molecule has 0 heterocycles. The SMILES string of the molecule is CC(=O)[C@H]1CC[C@H]2[C@@H]3CCC4=CC(=O)CC[C@]4(C)[C@H]3CC[C@]12CC#N. The normalized spacial score (nSPS) is 45.6. The van der Waals surface area contributed by atoms with Crippen LogP contribution in [0.4, 0.5) is 0 Å². The second-order valence-corrected chi connectivity index (χ2v) is 9.32. The van der Waals surface area contributed by atoms with Crippen LogP contribution in [0.1, 0.15) is 71.6 Å². The van der Waals surface area contributed by atoms with Gasteiger partial charge in [-0.2, -0.15) is 5.26 Å². The molecule has 4 rings (SSSR count). The first-order valence-corrected chi connectivity index (χ1v) is 10.0. The summed E-state index contributed by atoms with van der Waals surface area (Å²) in [4.78, 5) is 24.2. The van der Waals surface area contributed by atoms with Crippen LogP contribution in [0.3, 0.4) is 0 Å². The van der Waals surface area contributed by atoms with Crippen LogP contribution in [0.5, 0.6) is 0 Å². The van der Waals surface area contributed by atoms with Crippen molar-refractivity contribution in [1.82, 2.24) is 0 Å². The molecule has 3 nitrogen and oxygen atoms in total. The third-order valence-electron chi connectivity index (χ3n) is 8.58. The second-order valence-electron chi connectivity index (χ2n) is 9.32. The van der Waals surface area contributed by atoms with Crippen LogP contribution in [0.2, 0.25) is 0 Å². The van der Waals surface area contributed by atoms with Gasteiger partial charge in [0.1, 0.15) is 5.78 Å². The zero-order chi connectivity index (χ0) is 17.8. The molecule has 3 fully saturated rings. The number of hydrogen-bond donors (Lipinski definition) is 0. The number of nitrogens with zero attached hydrogens (tertiary/aromatic N) is 1. The fraction of sp³-hybridized carbons (Fsp3) is 0.773. The van der Waals surface area contributed by atoms with Crippen LogP contribution in [-0.2, 0) is 9.59 Å². The Morgan fingerprint density at radius 3 is 2.72 bits per heavy atom. The fourth-order valence-electron chi connectivity index (χ4n) is 7.47. The van der Waals surface area contributed by atoms with Crippen molar-refractivity contribution >= 4 is 11.6 Å². The van der Waals surface area contributed by atoms with E-state index in [0.29, 0.717) is 42.2 Å². The van der Waals surface area contributed by atoms with Gasteiger partial charge in [0.15, 0.2) is 5.78 Å². The molecule has 0 unspecified atom stereocenters. The van der Waals surface area contributed by atoms with E-state index in [4.69, 9.17) is 0 Å². The Hall–Kier alpha value is -1.43. The molecule has 0 aromatic carbocycles. The lowest BCUT2D eigenvalue weighted by molar-refractivity contribution is -0.129. The zero-order valence-electron chi connectivity index (χ0n) is 15.5.